The summed E-state index contributed by atoms with van der Waals surface area (Å²) in [5.74, 6) is 0.193. The molecule has 0 spiro atoms. The third-order valence-electron chi connectivity index (χ3n) is 5.99. The first kappa shape index (κ1) is 22.5. The molecular weight excluding hydrogens is 427 g/mol. The van der Waals surface area contributed by atoms with Crippen molar-refractivity contribution in [3.8, 4) is 0 Å². The summed E-state index contributed by atoms with van der Waals surface area (Å²) < 4.78 is 0. The lowest BCUT2D eigenvalue weighted by molar-refractivity contribution is 0.0697. The van der Waals surface area contributed by atoms with Crippen molar-refractivity contribution in [2.24, 2.45) is 11.8 Å². The second kappa shape index (κ2) is 9.74. The number of thioether (sulfide) groups is 1. The van der Waals surface area contributed by atoms with Gasteiger partial charge in [0.05, 0.1) is 16.7 Å². The highest BCUT2D eigenvalue weighted by molar-refractivity contribution is 7.99. The molecule has 0 aromatic heterocycles. The summed E-state index contributed by atoms with van der Waals surface area (Å²) in [7, 11) is 0. The van der Waals surface area contributed by atoms with Gasteiger partial charge in [-0.05, 0) is 79.8 Å². The Labute approximate surface area is 186 Å². The van der Waals surface area contributed by atoms with E-state index in [1.807, 2.05) is 11.8 Å². The van der Waals surface area contributed by atoms with Crippen molar-refractivity contribution in [3.63, 3.8) is 0 Å². The van der Waals surface area contributed by atoms with E-state index in [0.717, 1.165) is 24.2 Å². The van der Waals surface area contributed by atoms with E-state index in [4.69, 9.17) is 28.3 Å². The number of alkyl halides is 1. The summed E-state index contributed by atoms with van der Waals surface area (Å²) in [6.45, 7) is 4.26. The van der Waals surface area contributed by atoms with E-state index < -0.39 is 12.1 Å². The van der Waals surface area contributed by atoms with E-state index in [2.05, 4.69) is 32.0 Å². The summed E-state index contributed by atoms with van der Waals surface area (Å²) in [4.78, 5) is 12.4. The number of aliphatic hydroxyl groups is 1. The monoisotopic (exact) mass is 452 g/mol. The molecule has 3 rings (SSSR count). The van der Waals surface area contributed by atoms with Crippen LogP contribution in [0.1, 0.15) is 39.9 Å². The SMILES string of the molecule is Cc1cccc(SC[C@H]2C(Cl)CC(O)[C@@H]2CCc2ccc(C(=O)O)c(Cl)c2)c1C. The number of rotatable bonds is 7. The molecular formula is C23H26Cl2O3S. The molecule has 2 N–H and O–H groups in total. The lowest BCUT2D eigenvalue weighted by Gasteiger charge is -2.24. The van der Waals surface area contributed by atoms with Crippen molar-refractivity contribution in [1.82, 2.24) is 0 Å². The van der Waals surface area contributed by atoms with Crippen LogP contribution in [0.5, 0.6) is 0 Å². The lowest BCUT2D eigenvalue weighted by atomic mass is 9.89. The van der Waals surface area contributed by atoms with Crippen LogP contribution in [0.25, 0.3) is 0 Å². The molecule has 1 fully saturated rings. The van der Waals surface area contributed by atoms with Crippen molar-refractivity contribution >= 4 is 40.9 Å². The molecule has 1 aliphatic carbocycles. The quantitative estimate of drug-likeness (QED) is 0.400. The molecule has 0 amide bonds. The fourth-order valence-corrected chi connectivity index (χ4v) is 6.31. The van der Waals surface area contributed by atoms with Crippen LogP contribution in [-0.4, -0.2) is 33.4 Å². The maximum absolute atomic E-state index is 11.1. The number of halogens is 2. The second-order valence-electron chi connectivity index (χ2n) is 7.81. The van der Waals surface area contributed by atoms with Gasteiger partial charge in [-0.15, -0.1) is 23.4 Å². The predicted octanol–water partition coefficient (Wildman–Crippen LogP) is 5.98. The third-order valence-corrected chi connectivity index (χ3v) is 8.11. The molecule has 6 heteroatoms. The standard InChI is InChI=1S/C23H26Cl2O3S/c1-13-4-3-5-22(14(13)2)29-12-18-16(21(26)11-20(18)25)8-6-15-7-9-17(23(27)28)19(24)10-15/h3-5,7,9-10,16,18,20-21,26H,6,8,11-12H2,1-2H3,(H,27,28)/t16-,18-,20?,21?/m1/s1. The van der Waals surface area contributed by atoms with Gasteiger partial charge < -0.3 is 10.2 Å². The number of hydrogen-bond donors (Lipinski definition) is 2. The summed E-state index contributed by atoms with van der Waals surface area (Å²) in [5, 5.41) is 19.9. The number of aliphatic hydroxyl groups excluding tert-OH is 1. The normalized spacial score (nSPS) is 24.0. The smallest absolute Gasteiger partial charge is 0.337 e. The Morgan fingerprint density at radius 2 is 1.97 bits per heavy atom. The molecule has 2 aromatic carbocycles. The summed E-state index contributed by atoms with van der Waals surface area (Å²) >= 11 is 14.5. The van der Waals surface area contributed by atoms with Gasteiger partial charge >= 0.3 is 5.97 Å². The van der Waals surface area contributed by atoms with Gasteiger partial charge in [0.2, 0.25) is 0 Å². The Morgan fingerprint density at radius 1 is 1.21 bits per heavy atom. The largest absolute Gasteiger partial charge is 0.478 e. The molecule has 0 aliphatic heterocycles. The molecule has 2 aromatic rings. The predicted molar refractivity (Wildman–Crippen MR) is 121 cm³/mol. The number of carboxylic acids is 1. The molecule has 29 heavy (non-hydrogen) atoms. The number of benzene rings is 2. The topological polar surface area (TPSA) is 57.5 Å². The number of aryl methyl sites for hydroxylation is 2. The summed E-state index contributed by atoms with van der Waals surface area (Å²) in [5.41, 5.74) is 3.67. The van der Waals surface area contributed by atoms with E-state index in [0.29, 0.717) is 6.42 Å². The minimum absolute atomic E-state index is 0.0365. The van der Waals surface area contributed by atoms with Crippen LogP contribution in [-0.2, 0) is 6.42 Å². The highest BCUT2D eigenvalue weighted by atomic mass is 35.5. The van der Waals surface area contributed by atoms with Crippen LogP contribution < -0.4 is 0 Å². The minimum Gasteiger partial charge on any atom is -0.478 e. The number of hydrogen-bond acceptors (Lipinski definition) is 3. The average Bonchev–Trinajstić information content (AvgIpc) is 2.93. The van der Waals surface area contributed by atoms with Crippen LogP contribution in [0.2, 0.25) is 5.02 Å². The van der Waals surface area contributed by atoms with E-state index in [1.54, 1.807) is 18.2 Å². The Hall–Kier alpha value is -1.20. The van der Waals surface area contributed by atoms with Gasteiger partial charge in [0, 0.05) is 16.0 Å². The highest BCUT2D eigenvalue weighted by Crippen LogP contribution is 2.42. The highest BCUT2D eigenvalue weighted by Gasteiger charge is 2.41. The van der Waals surface area contributed by atoms with Crippen LogP contribution in [0, 0.1) is 25.7 Å². The zero-order chi connectivity index (χ0) is 21.1. The number of carbonyl (C=O) groups is 1. The Kier molecular flexibility index (Phi) is 7.55. The summed E-state index contributed by atoms with van der Waals surface area (Å²) in [6.07, 6.45) is 1.74. The molecule has 1 aliphatic rings. The molecule has 4 atom stereocenters. The van der Waals surface area contributed by atoms with E-state index >= 15 is 0 Å². The molecule has 3 nitrogen and oxygen atoms in total. The number of carboxylic acid groups (broad SMARTS) is 1. The molecule has 0 saturated heterocycles. The van der Waals surface area contributed by atoms with Crippen molar-refractivity contribution in [1.29, 1.82) is 0 Å². The molecule has 0 bridgehead atoms. The zero-order valence-electron chi connectivity index (χ0n) is 16.6. The Morgan fingerprint density at radius 3 is 2.66 bits per heavy atom. The van der Waals surface area contributed by atoms with Crippen LogP contribution >= 0.6 is 35.0 Å². The van der Waals surface area contributed by atoms with E-state index in [1.165, 1.54) is 16.0 Å². The van der Waals surface area contributed by atoms with E-state index in [9.17, 15) is 9.90 Å². The fraction of sp³-hybridized carbons (Fsp3) is 0.435. The first-order valence-corrected chi connectivity index (χ1v) is 11.6. The van der Waals surface area contributed by atoms with Crippen LogP contribution in [0.15, 0.2) is 41.3 Å². The zero-order valence-corrected chi connectivity index (χ0v) is 18.9. The first-order chi connectivity index (χ1) is 13.8. The molecule has 1 saturated carbocycles. The van der Waals surface area contributed by atoms with Crippen molar-refractivity contribution in [2.45, 2.75) is 49.5 Å². The van der Waals surface area contributed by atoms with Crippen LogP contribution in [0.4, 0.5) is 0 Å². The number of aromatic carboxylic acids is 1. The van der Waals surface area contributed by atoms with Crippen molar-refractivity contribution in [2.75, 3.05) is 5.75 Å². The Bertz CT molecular complexity index is 886. The van der Waals surface area contributed by atoms with Gasteiger partial charge in [-0.2, -0.15) is 0 Å². The van der Waals surface area contributed by atoms with Gasteiger partial charge in [-0.1, -0.05) is 29.8 Å². The average molecular weight is 453 g/mol. The lowest BCUT2D eigenvalue weighted by Crippen LogP contribution is -2.23. The Balaban J connectivity index is 1.66. The van der Waals surface area contributed by atoms with Crippen molar-refractivity contribution < 1.29 is 15.0 Å². The second-order valence-corrected chi connectivity index (χ2v) is 9.84. The molecule has 156 valence electrons. The van der Waals surface area contributed by atoms with Gasteiger partial charge in [0.15, 0.2) is 0 Å². The molecule has 2 unspecified atom stereocenters. The summed E-state index contributed by atoms with van der Waals surface area (Å²) in [6, 6.07) is 11.4. The molecule has 0 radical (unpaired) electrons. The van der Waals surface area contributed by atoms with Gasteiger partial charge in [-0.25, -0.2) is 4.79 Å². The minimum atomic E-state index is -1.03. The van der Waals surface area contributed by atoms with Gasteiger partial charge in [-0.3, -0.25) is 0 Å². The van der Waals surface area contributed by atoms with Gasteiger partial charge in [0.1, 0.15) is 0 Å². The van der Waals surface area contributed by atoms with Crippen molar-refractivity contribution in [3.05, 3.63) is 63.7 Å². The van der Waals surface area contributed by atoms with E-state index in [-0.39, 0.29) is 27.8 Å². The fourth-order valence-electron chi connectivity index (χ4n) is 4.06. The van der Waals surface area contributed by atoms with Gasteiger partial charge in [0.25, 0.3) is 0 Å². The maximum atomic E-state index is 11.1. The van der Waals surface area contributed by atoms with Crippen LogP contribution in [0.3, 0.4) is 0 Å². The first-order valence-electron chi connectivity index (χ1n) is 9.80. The molecule has 0 heterocycles. The maximum Gasteiger partial charge on any atom is 0.337 e. The third kappa shape index (κ3) is 5.29.